The van der Waals surface area contributed by atoms with Crippen molar-refractivity contribution < 1.29 is 15.0 Å². The second-order valence-electron chi connectivity index (χ2n) is 15.3. The van der Waals surface area contributed by atoms with Crippen LogP contribution in [0.5, 0.6) is 0 Å². The third kappa shape index (κ3) is 3.04. The Labute approximate surface area is 222 Å². The number of nitrogens with zero attached hydrogens (tertiary/aromatic N) is 2. The Morgan fingerprint density at radius 2 is 1.68 bits per heavy atom. The van der Waals surface area contributed by atoms with Gasteiger partial charge in [0.15, 0.2) is 0 Å². The lowest BCUT2D eigenvalue weighted by Crippen LogP contribution is -2.65. The molecule has 3 unspecified atom stereocenters. The van der Waals surface area contributed by atoms with Crippen LogP contribution < -0.4 is 0 Å². The van der Waals surface area contributed by atoms with Gasteiger partial charge >= 0.3 is 5.97 Å². The Morgan fingerprint density at radius 3 is 2.38 bits per heavy atom. The van der Waals surface area contributed by atoms with Crippen molar-refractivity contribution in [1.29, 1.82) is 0 Å². The Hall–Kier alpha value is -1.75. The molecule has 0 amide bonds. The van der Waals surface area contributed by atoms with Crippen molar-refractivity contribution in [2.24, 2.45) is 44.8 Å². The highest BCUT2D eigenvalue weighted by molar-refractivity contribution is 5.76. The molecule has 0 aliphatic heterocycles. The minimum absolute atomic E-state index is 0.000801. The van der Waals surface area contributed by atoms with Crippen LogP contribution in [0.1, 0.15) is 104 Å². The lowest BCUT2D eigenvalue weighted by molar-refractivity contribution is -0.179. The zero-order chi connectivity index (χ0) is 26.6. The molecule has 0 saturated heterocycles. The number of aliphatic hydroxyl groups excluding tert-OH is 1. The first-order chi connectivity index (χ1) is 17.3. The van der Waals surface area contributed by atoms with Crippen LogP contribution in [0.2, 0.25) is 0 Å². The van der Waals surface area contributed by atoms with E-state index in [1.54, 1.807) is 12.4 Å². The summed E-state index contributed by atoms with van der Waals surface area (Å²) in [6.07, 6.45) is 14.7. The number of aliphatic hydroxyl groups is 1. The van der Waals surface area contributed by atoms with Gasteiger partial charge in [-0.15, -0.1) is 0 Å². The molecule has 5 heteroatoms. The van der Waals surface area contributed by atoms with E-state index >= 15 is 0 Å². The fraction of sp³-hybridized carbons (Fsp3) is 0.781. The van der Waals surface area contributed by atoms with E-state index in [-0.39, 0.29) is 39.6 Å². The highest BCUT2D eigenvalue weighted by atomic mass is 16.4. The monoisotopic (exact) mass is 506 g/mol. The molecule has 202 valence electrons. The van der Waals surface area contributed by atoms with Crippen molar-refractivity contribution in [2.45, 2.75) is 105 Å². The predicted octanol–water partition coefficient (Wildman–Crippen LogP) is 6.35. The van der Waals surface area contributed by atoms with Gasteiger partial charge in [0.1, 0.15) is 0 Å². The topological polar surface area (TPSA) is 83.3 Å². The smallest absolute Gasteiger partial charge is 0.310 e. The molecule has 5 aliphatic rings. The van der Waals surface area contributed by atoms with Crippen LogP contribution in [-0.2, 0) is 16.6 Å². The molecule has 1 heterocycles. The summed E-state index contributed by atoms with van der Waals surface area (Å²) < 4.78 is 0. The Kier molecular flexibility index (Phi) is 5.29. The van der Waals surface area contributed by atoms with Gasteiger partial charge in [-0.3, -0.25) is 14.8 Å². The standard InChI is InChI=1S/C32H46N2O3/c1-27(2)11-13-32(26(36)37)14-12-30(5)20(21(32)17-27)7-8-24-28(3)18-22-25(34-16-15-33-22)29(4,19-35)23(28)9-10-31(24,30)6/h7,15-16,21,23-24,35H,8-14,17-19H2,1-6H3,(H,36,37)/t21?,23?,24?,28-,29-,30+,31+,32-/m0/s1. The van der Waals surface area contributed by atoms with Gasteiger partial charge in [-0.25, -0.2) is 0 Å². The summed E-state index contributed by atoms with van der Waals surface area (Å²) in [5, 5.41) is 21.3. The summed E-state index contributed by atoms with van der Waals surface area (Å²) in [6, 6.07) is 0. The molecule has 0 spiro atoms. The summed E-state index contributed by atoms with van der Waals surface area (Å²) in [6.45, 7) is 14.5. The number of aromatic nitrogens is 2. The van der Waals surface area contributed by atoms with Crippen molar-refractivity contribution in [3.05, 3.63) is 35.4 Å². The van der Waals surface area contributed by atoms with Crippen LogP contribution in [0.3, 0.4) is 0 Å². The minimum Gasteiger partial charge on any atom is -0.481 e. The number of rotatable bonds is 2. The fourth-order valence-electron chi connectivity index (χ4n) is 11.0. The second kappa shape index (κ2) is 7.67. The molecule has 5 nitrogen and oxygen atoms in total. The van der Waals surface area contributed by atoms with Crippen molar-refractivity contribution in [3.63, 3.8) is 0 Å². The summed E-state index contributed by atoms with van der Waals surface area (Å²) in [7, 11) is 0. The Morgan fingerprint density at radius 1 is 0.973 bits per heavy atom. The normalized spacial score (nSPS) is 47.9. The highest BCUT2D eigenvalue weighted by Crippen LogP contribution is 2.75. The average molecular weight is 507 g/mol. The molecule has 5 aliphatic carbocycles. The Balaban J connectivity index is 1.47. The van der Waals surface area contributed by atoms with Crippen LogP contribution in [0.25, 0.3) is 0 Å². The molecule has 37 heavy (non-hydrogen) atoms. The maximum Gasteiger partial charge on any atom is 0.310 e. The number of carbonyl (C=O) groups is 1. The summed E-state index contributed by atoms with van der Waals surface area (Å²) in [4.78, 5) is 22.4. The second-order valence-corrected chi connectivity index (χ2v) is 15.3. The maximum atomic E-state index is 12.9. The van der Waals surface area contributed by atoms with Crippen LogP contribution in [0.15, 0.2) is 24.0 Å². The van der Waals surface area contributed by atoms with E-state index in [9.17, 15) is 15.0 Å². The minimum atomic E-state index is -0.597. The number of carboxylic acid groups (broad SMARTS) is 1. The van der Waals surface area contributed by atoms with Crippen LogP contribution >= 0.6 is 0 Å². The predicted molar refractivity (Wildman–Crippen MR) is 144 cm³/mol. The molecule has 8 atom stereocenters. The van der Waals surface area contributed by atoms with Crippen LogP contribution in [0, 0.1) is 44.8 Å². The SMILES string of the molecule is CC1(C)CC[C@]2(C(=O)O)CC[C@]3(C)C(=CCC4[C@@]5(C)Cc6nccnc6[C@@](C)(CO)C5CC[C@]43C)C2C1. The number of aliphatic carboxylic acids is 1. The first-order valence-electron chi connectivity index (χ1n) is 14.6. The van der Waals surface area contributed by atoms with Gasteiger partial charge in [0.2, 0.25) is 0 Å². The molecular formula is C32H46N2O3. The number of fused-ring (bicyclic) bond motifs is 8. The van der Waals surface area contributed by atoms with Gasteiger partial charge in [-0.1, -0.05) is 53.2 Å². The van der Waals surface area contributed by atoms with E-state index in [0.717, 1.165) is 69.2 Å². The lowest BCUT2D eigenvalue weighted by atomic mass is 9.33. The quantitative estimate of drug-likeness (QED) is 0.457. The van der Waals surface area contributed by atoms with E-state index in [0.29, 0.717) is 11.8 Å². The average Bonchev–Trinajstić information content (AvgIpc) is 2.83. The van der Waals surface area contributed by atoms with Crippen molar-refractivity contribution in [3.8, 4) is 0 Å². The molecule has 1 aromatic rings. The van der Waals surface area contributed by atoms with E-state index in [1.165, 1.54) is 5.57 Å². The third-order valence-electron chi connectivity index (χ3n) is 13.3. The highest BCUT2D eigenvalue weighted by Gasteiger charge is 2.69. The van der Waals surface area contributed by atoms with Crippen LogP contribution in [-0.4, -0.2) is 32.8 Å². The number of carboxylic acids is 1. The van der Waals surface area contributed by atoms with E-state index in [2.05, 4.69) is 47.6 Å². The molecule has 0 radical (unpaired) electrons. The number of allylic oxidation sites excluding steroid dienone is 2. The molecule has 6 rings (SSSR count). The Bertz CT molecular complexity index is 1180. The van der Waals surface area contributed by atoms with Crippen molar-refractivity contribution in [2.75, 3.05) is 6.61 Å². The van der Waals surface area contributed by atoms with Gasteiger partial charge in [0, 0.05) is 17.8 Å². The van der Waals surface area contributed by atoms with E-state index in [4.69, 9.17) is 9.97 Å². The third-order valence-corrected chi connectivity index (χ3v) is 13.3. The zero-order valence-electron chi connectivity index (χ0n) is 23.7. The summed E-state index contributed by atoms with van der Waals surface area (Å²) in [5.41, 5.74) is 2.81. The van der Waals surface area contributed by atoms with Gasteiger partial charge < -0.3 is 10.2 Å². The molecule has 2 N–H and O–H groups in total. The first kappa shape index (κ1) is 25.5. The van der Waals surface area contributed by atoms with Gasteiger partial charge in [-0.05, 0) is 97.2 Å². The maximum absolute atomic E-state index is 12.9. The van der Waals surface area contributed by atoms with Gasteiger partial charge in [-0.2, -0.15) is 0 Å². The first-order valence-corrected chi connectivity index (χ1v) is 14.6. The molecule has 0 aromatic carbocycles. The fourth-order valence-corrected chi connectivity index (χ4v) is 11.0. The molecular weight excluding hydrogens is 460 g/mol. The van der Waals surface area contributed by atoms with Crippen molar-refractivity contribution in [1.82, 2.24) is 9.97 Å². The van der Waals surface area contributed by atoms with E-state index in [1.807, 2.05) is 0 Å². The van der Waals surface area contributed by atoms with E-state index < -0.39 is 11.4 Å². The summed E-state index contributed by atoms with van der Waals surface area (Å²) in [5.74, 6) is 0.375. The van der Waals surface area contributed by atoms with Gasteiger partial charge in [0.05, 0.1) is 23.4 Å². The molecule has 3 saturated carbocycles. The largest absolute Gasteiger partial charge is 0.481 e. The zero-order valence-corrected chi connectivity index (χ0v) is 23.7. The van der Waals surface area contributed by atoms with Crippen molar-refractivity contribution >= 4 is 5.97 Å². The van der Waals surface area contributed by atoms with Crippen LogP contribution in [0.4, 0.5) is 0 Å². The molecule has 1 aromatic heterocycles. The lowest BCUT2D eigenvalue weighted by Gasteiger charge is -2.70. The van der Waals surface area contributed by atoms with Gasteiger partial charge in [0.25, 0.3) is 0 Å². The number of hydrogen-bond acceptors (Lipinski definition) is 4. The number of hydrogen-bond donors (Lipinski definition) is 2. The molecule has 3 fully saturated rings. The molecule has 0 bridgehead atoms. The summed E-state index contributed by atoms with van der Waals surface area (Å²) >= 11 is 0.